The van der Waals surface area contributed by atoms with Gasteiger partial charge in [0.15, 0.2) is 0 Å². The number of rotatable bonds is 2. The highest BCUT2D eigenvalue weighted by Gasteiger charge is 2.37. The maximum Gasteiger partial charge on any atom is 0.254 e. The van der Waals surface area contributed by atoms with Gasteiger partial charge in [-0.25, -0.2) is 14.4 Å². The molecular weight excluding hydrogens is 343 g/mol. The number of anilines is 1. The van der Waals surface area contributed by atoms with Crippen molar-refractivity contribution in [2.24, 2.45) is 0 Å². The Hall–Kier alpha value is -2.21. The van der Waals surface area contributed by atoms with Crippen LogP contribution in [0, 0.1) is 12.7 Å². The van der Waals surface area contributed by atoms with Gasteiger partial charge in [0.25, 0.3) is 5.91 Å². The van der Waals surface area contributed by atoms with Crippen molar-refractivity contribution >= 4 is 23.3 Å². The quantitative estimate of drug-likeness (QED) is 0.822. The minimum absolute atomic E-state index is 0.0101. The van der Waals surface area contributed by atoms with E-state index in [0.29, 0.717) is 12.4 Å². The van der Waals surface area contributed by atoms with Crippen molar-refractivity contribution < 1.29 is 9.18 Å². The number of amides is 1. The molecule has 2 aliphatic heterocycles. The number of aryl methyl sites for hydroxylation is 1. The molecule has 0 spiro atoms. The van der Waals surface area contributed by atoms with E-state index in [1.54, 1.807) is 11.0 Å². The van der Waals surface area contributed by atoms with Crippen molar-refractivity contribution in [3.63, 3.8) is 0 Å². The molecule has 1 saturated heterocycles. The summed E-state index contributed by atoms with van der Waals surface area (Å²) in [5, 5.41) is 0.0101. The number of hydrogen-bond donors (Lipinski definition) is 0. The molecule has 1 aromatic heterocycles. The molecular formula is C18H18ClFN4O. The molecule has 2 aromatic rings. The average molecular weight is 361 g/mol. The SMILES string of the molecule is Cc1nc2c(c(N3CCC3)n1)C(C)N(C(=O)c1ccc(Cl)c(F)c1)C2. The molecule has 1 atom stereocenters. The first-order valence-electron chi connectivity index (χ1n) is 8.34. The number of aromatic nitrogens is 2. The molecule has 1 unspecified atom stereocenters. The number of fused-ring (bicyclic) bond motifs is 1. The van der Waals surface area contributed by atoms with Crippen LogP contribution in [0.15, 0.2) is 18.2 Å². The highest BCUT2D eigenvalue weighted by Crippen LogP contribution is 2.40. The maximum absolute atomic E-state index is 13.7. The van der Waals surface area contributed by atoms with Gasteiger partial charge in [-0.15, -0.1) is 0 Å². The Morgan fingerprint density at radius 3 is 2.72 bits per heavy atom. The minimum atomic E-state index is -0.589. The summed E-state index contributed by atoms with van der Waals surface area (Å²) in [6, 6.07) is 4.00. The lowest BCUT2D eigenvalue weighted by Crippen LogP contribution is -2.39. The standard InChI is InChI=1S/C18H18ClFN4O/c1-10-16-15(21-11(2)22-17(16)23-6-3-7-23)9-24(10)18(25)12-4-5-13(19)14(20)8-12/h4-5,8,10H,3,6-7,9H2,1-2H3. The fourth-order valence-electron chi connectivity index (χ4n) is 3.44. The van der Waals surface area contributed by atoms with Gasteiger partial charge < -0.3 is 9.80 Å². The molecule has 25 heavy (non-hydrogen) atoms. The van der Waals surface area contributed by atoms with Crippen LogP contribution in [0.5, 0.6) is 0 Å². The average Bonchev–Trinajstić information content (AvgIpc) is 2.84. The van der Waals surface area contributed by atoms with Crippen molar-refractivity contribution in [3.8, 4) is 0 Å². The Labute approximate surface area is 150 Å². The molecule has 0 aliphatic carbocycles. The molecule has 7 heteroatoms. The Morgan fingerprint density at radius 1 is 1.32 bits per heavy atom. The summed E-state index contributed by atoms with van der Waals surface area (Å²) in [7, 11) is 0. The van der Waals surface area contributed by atoms with Gasteiger partial charge in [-0.2, -0.15) is 0 Å². The third-order valence-electron chi connectivity index (χ3n) is 4.90. The molecule has 2 aliphatic rings. The van der Waals surface area contributed by atoms with Crippen LogP contribution in [0.2, 0.25) is 5.02 Å². The van der Waals surface area contributed by atoms with Crippen molar-refractivity contribution in [1.29, 1.82) is 0 Å². The van der Waals surface area contributed by atoms with Gasteiger partial charge in [-0.05, 0) is 38.5 Å². The lowest BCUT2D eigenvalue weighted by Gasteiger charge is -2.34. The first kappa shape index (κ1) is 16.3. The first-order chi connectivity index (χ1) is 12.0. The first-order valence-corrected chi connectivity index (χ1v) is 8.72. The van der Waals surface area contributed by atoms with Crippen molar-refractivity contribution in [3.05, 3.63) is 51.7 Å². The molecule has 5 nitrogen and oxygen atoms in total. The predicted octanol–water partition coefficient (Wildman–Crippen LogP) is 3.50. The smallest absolute Gasteiger partial charge is 0.254 e. The Morgan fingerprint density at radius 2 is 2.08 bits per heavy atom. The van der Waals surface area contributed by atoms with E-state index in [0.717, 1.165) is 36.6 Å². The molecule has 0 saturated carbocycles. The van der Waals surface area contributed by atoms with Crippen molar-refractivity contribution in [2.75, 3.05) is 18.0 Å². The number of carbonyl (C=O) groups excluding carboxylic acids is 1. The topological polar surface area (TPSA) is 49.3 Å². The number of hydrogen-bond acceptors (Lipinski definition) is 4. The lowest BCUT2D eigenvalue weighted by atomic mass is 10.1. The Kier molecular flexibility index (Phi) is 3.87. The predicted molar refractivity (Wildman–Crippen MR) is 93.3 cm³/mol. The zero-order valence-electron chi connectivity index (χ0n) is 14.1. The number of benzene rings is 1. The summed E-state index contributed by atoms with van der Waals surface area (Å²) in [4.78, 5) is 26.0. The molecule has 3 heterocycles. The van der Waals surface area contributed by atoms with E-state index in [4.69, 9.17) is 11.6 Å². The van der Waals surface area contributed by atoms with E-state index >= 15 is 0 Å². The molecule has 1 amide bonds. The zero-order chi connectivity index (χ0) is 17.7. The molecule has 4 rings (SSSR count). The van der Waals surface area contributed by atoms with Crippen LogP contribution >= 0.6 is 11.6 Å². The summed E-state index contributed by atoms with van der Waals surface area (Å²) in [6.45, 7) is 6.20. The van der Waals surface area contributed by atoms with Crippen LogP contribution in [0.1, 0.15) is 46.8 Å². The fraction of sp³-hybridized carbons (Fsp3) is 0.389. The van der Waals surface area contributed by atoms with Gasteiger partial charge in [0.05, 0.1) is 23.3 Å². The van der Waals surface area contributed by atoms with Crippen LogP contribution in [0.4, 0.5) is 10.2 Å². The highest BCUT2D eigenvalue weighted by atomic mass is 35.5. The third kappa shape index (κ3) is 2.65. The molecule has 0 bridgehead atoms. The summed E-state index contributed by atoms with van der Waals surface area (Å²) in [6.07, 6.45) is 1.15. The van der Waals surface area contributed by atoms with Gasteiger partial charge >= 0.3 is 0 Å². The summed E-state index contributed by atoms with van der Waals surface area (Å²) in [5.74, 6) is 0.820. The van der Waals surface area contributed by atoms with Crippen LogP contribution < -0.4 is 4.90 Å². The third-order valence-corrected chi connectivity index (χ3v) is 5.21. The van der Waals surface area contributed by atoms with Crippen LogP contribution in [-0.2, 0) is 6.54 Å². The highest BCUT2D eigenvalue weighted by molar-refractivity contribution is 6.30. The van der Waals surface area contributed by atoms with Gasteiger partial charge in [-0.1, -0.05) is 11.6 Å². The summed E-state index contributed by atoms with van der Waals surface area (Å²) in [5.41, 5.74) is 2.18. The largest absolute Gasteiger partial charge is 0.356 e. The van der Waals surface area contributed by atoms with Gasteiger partial charge in [-0.3, -0.25) is 4.79 Å². The molecule has 130 valence electrons. The molecule has 1 aromatic carbocycles. The van der Waals surface area contributed by atoms with E-state index in [2.05, 4.69) is 14.9 Å². The summed E-state index contributed by atoms with van der Waals surface area (Å²) >= 11 is 5.72. The summed E-state index contributed by atoms with van der Waals surface area (Å²) < 4.78 is 13.7. The number of carbonyl (C=O) groups is 1. The van der Waals surface area contributed by atoms with E-state index in [9.17, 15) is 9.18 Å². The molecule has 0 radical (unpaired) electrons. The zero-order valence-corrected chi connectivity index (χ0v) is 14.8. The molecule has 1 fully saturated rings. The van der Waals surface area contributed by atoms with Crippen LogP contribution in [0.3, 0.4) is 0 Å². The Bertz CT molecular complexity index is 868. The van der Waals surface area contributed by atoms with E-state index in [1.165, 1.54) is 12.1 Å². The van der Waals surface area contributed by atoms with Crippen molar-refractivity contribution in [2.45, 2.75) is 32.9 Å². The van der Waals surface area contributed by atoms with Crippen molar-refractivity contribution in [1.82, 2.24) is 14.9 Å². The van der Waals surface area contributed by atoms with Gasteiger partial charge in [0, 0.05) is 24.2 Å². The van der Waals surface area contributed by atoms with E-state index in [-0.39, 0.29) is 22.5 Å². The monoisotopic (exact) mass is 360 g/mol. The van der Waals surface area contributed by atoms with Gasteiger partial charge in [0.1, 0.15) is 17.5 Å². The van der Waals surface area contributed by atoms with E-state index in [1.807, 2.05) is 13.8 Å². The molecule has 0 N–H and O–H groups in total. The van der Waals surface area contributed by atoms with E-state index < -0.39 is 5.82 Å². The van der Waals surface area contributed by atoms with Crippen LogP contribution in [0.25, 0.3) is 0 Å². The Balaban J connectivity index is 1.69. The second kappa shape index (κ2) is 5.95. The maximum atomic E-state index is 13.7. The number of halogens is 2. The number of nitrogens with zero attached hydrogens (tertiary/aromatic N) is 4. The second-order valence-electron chi connectivity index (χ2n) is 6.53. The van der Waals surface area contributed by atoms with Crippen LogP contribution in [-0.4, -0.2) is 33.9 Å². The lowest BCUT2D eigenvalue weighted by molar-refractivity contribution is 0.0703. The normalized spacial score (nSPS) is 19.0. The second-order valence-corrected chi connectivity index (χ2v) is 6.94. The van der Waals surface area contributed by atoms with Gasteiger partial charge in [0.2, 0.25) is 0 Å². The fourth-order valence-corrected chi connectivity index (χ4v) is 3.55. The minimum Gasteiger partial charge on any atom is -0.356 e.